The van der Waals surface area contributed by atoms with Gasteiger partial charge in [-0.3, -0.25) is 14.1 Å². The van der Waals surface area contributed by atoms with E-state index in [9.17, 15) is 0 Å². The van der Waals surface area contributed by atoms with Crippen LogP contribution in [0.25, 0.3) is 123 Å². The van der Waals surface area contributed by atoms with Gasteiger partial charge in [-0.1, -0.05) is 127 Å². The van der Waals surface area contributed by atoms with Crippen LogP contribution in [0.1, 0.15) is 0 Å². The van der Waals surface area contributed by atoms with Crippen LogP contribution in [0.5, 0.6) is 0 Å². The summed E-state index contributed by atoms with van der Waals surface area (Å²) in [6, 6.07) is 67.3. The van der Waals surface area contributed by atoms with E-state index in [1.54, 1.807) is 6.20 Å². The lowest BCUT2D eigenvalue weighted by Gasteiger charge is -2.11. The summed E-state index contributed by atoms with van der Waals surface area (Å²) in [7, 11) is 0. The summed E-state index contributed by atoms with van der Waals surface area (Å²) in [4.78, 5) is 24.9. The van der Waals surface area contributed by atoms with Crippen LogP contribution in [-0.2, 0) is 0 Å². The largest absolute Gasteiger partial charge is 0.453 e. The Bertz CT molecular complexity index is 3870. The number of fused-ring (bicyclic) bond motifs is 9. The van der Waals surface area contributed by atoms with Crippen LogP contribution >= 0.6 is 0 Å². The van der Waals surface area contributed by atoms with E-state index < -0.39 is 0 Å². The zero-order valence-corrected chi connectivity index (χ0v) is 33.6. The molecule has 8 nitrogen and oxygen atoms in total. The second kappa shape index (κ2) is 13.9. The summed E-state index contributed by atoms with van der Waals surface area (Å²) >= 11 is 0. The van der Waals surface area contributed by atoms with E-state index in [4.69, 9.17) is 24.4 Å². The summed E-state index contributed by atoms with van der Waals surface area (Å²) in [6.07, 6.45) is 1.78. The highest BCUT2D eigenvalue weighted by molar-refractivity contribution is 6.12. The van der Waals surface area contributed by atoms with Crippen molar-refractivity contribution in [1.82, 2.24) is 34.1 Å². The SMILES string of the molecule is c1ccc(-c2nc(-c3ccccc3)nc(-n3c4ccccc4c4cc(-c5cccc(-c6ccc7c(c6)c6ccccc6n7-c6ccc7oc8cccnc8c7n6)c5)ccc43)n2)cc1. The van der Waals surface area contributed by atoms with E-state index >= 15 is 0 Å². The van der Waals surface area contributed by atoms with Gasteiger partial charge < -0.3 is 4.42 Å². The molecule has 294 valence electrons. The zero-order chi connectivity index (χ0) is 41.4. The quantitative estimate of drug-likeness (QED) is 0.166. The molecule has 0 unspecified atom stereocenters. The molecule has 13 aromatic rings. The van der Waals surface area contributed by atoms with Crippen molar-refractivity contribution in [3.05, 3.63) is 200 Å². The molecular weight excluding hydrogens is 775 g/mol. The molecule has 63 heavy (non-hydrogen) atoms. The maximum atomic E-state index is 6.06. The third-order valence-corrected chi connectivity index (χ3v) is 12.0. The van der Waals surface area contributed by atoms with Crippen molar-refractivity contribution < 1.29 is 4.42 Å². The molecule has 0 fully saturated rings. The number of para-hydroxylation sites is 2. The molecular formula is C55H33N7O. The van der Waals surface area contributed by atoms with E-state index in [0.717, 1.165) is 105 Å². The third-order valence-electron chi connectivity index (χ3n) is 12.0. The zero-order valence-electron chi connectivity index (χ0n) is 33.6. The third kappa shape index (κ3) is 5.66. The lowest BCUT2D eigenvalue weighted by Crippen LogP contribution is -2.06. The van der Waals surface area contributed by atoms with Gasteiger partial charge in [0.2, 0.25) is 5.95 Å². The number of aromatic nitrogens is 7. The molecule has 0 atom stereocenters. The maximum Gasteiger partial charge on any atom is 0.238 e. The summed E-state index contributed by atoms with van der Waals surface area (Å²) in [5.41, 5.74) is 13.6. The molecule has 0 aliphatic rings. The molecule has 13 rings (SSSR count). The standard InChI is InChI=1S/C55H33N7O/c1-3-13-34(14-4-1)53-58-54(35-15-5-2-6-16-35)60-55(59-53)62-45-22-10-8-20-41(45)43-33-39(25-27-47(43)62)37-18-11-17-36(31-37)38-24-26-46-42(32-38)40-19-7-9-21-44(40)61(46)50-29-28-49-52(57-50)51-48(63-49)23-12-30-56-51/h1-33H. The normalized spacial score (nSPS) is 11.8. The van der Waals surface area contributed by atoms with Gasteiger partial charge in [0.1, 0.15) is 16.9 Å². The second-order valence-electron chi connectivity index (χ2n) is 15.7. The van der Waals surface area contributed by atoms with E-state index in [1.165, 1.54) is 0 Å². The van der Waals surface area contributed by atoms with Crippen molar-refractivity contribution in [3.8, 4) is 56.8 Å². The fourth-order valence-corrected chi connectivity index (χ4v) is 9.12. The molecule has 0 amide bonds. The number of nitrogens with zero attached hydrogens (tertiary/aromatic N) is 7. The van der Waals surface area contributed by atoms with Gasteiger partial charge in [0.05, 0.1) is 22.1 Å². The number of pyridine rings is 2. The van der Waals surface area contributed by atoms with Crippen molar-refractivity contribution in [3.63, 3.8) is 0 Å². The van der Waals surface area contributed by atoms with Crippen molar-refractivity contribution >= 4 is 65.8 Å². The smallest absolute Gasteiger partial charge is 0.238 e. The Labute approximate surface area is 360 Å². The number of benzene rings is 7. The molecule has 7 aromatic carbocycles. The Morgan fingerprint density at radius 3 is 1.51 bits per heavy atom. The Balaban J connectivity index is 0.920. The van der Waals surface area contributed by atoms with Crippen molar-refractivity contribution in [2.45, 2.75) is 0 Å². The number of rotatable bonds is 6. The van der Waals surface area contributed by atoms with Crippen molar-refractivity contribution in [1.29, 1.82) is 0 Å². The number of hydrogen-bond acceptors (Lipinski definition) is 6. The van der Waals surface area contributed by atoms with E-state index in [-0.39, 0.29) is 0 Å². The minimum absolute atomic E-state index is 0.573. The minimum Gasteiger partial charge on any atom is -0.453 e. The fraction of sp³-hybridized carbons (Fsp3) is 0. The molecule has 8 heteroatoms. The van der Waals surface area contributed by atoms with Crippen molar-refractivity contribution in [2.75, 3.05) is 0 Å². The topological polar surface area (TPSA) is 87.5 Å². The highest BCUT2D eigenvalue weighted by atomic mass is 16.3. The molecule has 0 radical (unpaired) electrons. The molecule has 0 spiro atoms. The van der Waals surface area contributed by atoms with E-state index in [1.807, 2.05) is 84.9 Å². The van der Waals surface area contributed by atoms with Gasteiger partial charge in [-0.25, -0.2) is 9.97 Å². The van der Waals surface area contributed by atoms with Gasteiger partial charge in [-0.15, -0.1) is 0 Å². The lowest BCUT2D eigenvalue weighted by molar-refractivity contribution is 0.667. The van der Waals surface area contributed by atoms with Crippen LogP contribution < -0.4 is 0 Å². The maximum absolute atomic E-state index is 6.06. The molecule has 0 aliphatic carbocycles. The molecule has 0 N–H and O–H groups in total. The molecule has 6 heterocycles. The average molecular weight is 808 g/mol. The monoisotopic (exact) mass is 807 g/mol. The van der Waals surface area contributed by atoms with Crippen LogP contribution in [0, 0.1) is 0 Å². The Morgan fingerprint density at radius 1 is 0.333 bits per heavy atom. The van der Waals surface area contributed by atoms with Gasteiger partial charge in [0.25, 0.3) is 0 Å². The Morgan fingerprint density at radius 2 is 0.857 bits per heavy atom. The molecule has 0 saturated heterocycles. The number of hydrogen-bond donors (Lipinski definition) is 0. The Hall–Kier alpha value is -8.75. The van der Waals surface area contributed by atoms with Crippen LogP contribution in [0.4, 0.5) is 0 Å². The van der Waals surface area contributed by atoms with Gasteiger partial charge in [0, 0.05) is 38.9 Å². The molecule has 0 bridgehead atoms. The van der Waals surface area contributed by atoms with Crippen molar-refractivity contribution in [2.24, 2.45) is 0 Å². The number of furan rings is 1. The summed E-state index contributed by atoms with van der Waals surface area (Å²) in [6.45, 7) is 0. The predicted octanol–water partition coefficient (Wildman–Crippen LogP) is 13.4. The highest BCUT2D eigenvalue weighted by Crippen LogP contribution is 2.39. The van der Waals surface area contributed by atoms with Crippen LogP contribution in [0.3, 0.4) is 0 Å². The van der Waals surface area contributed by atoms with Crippen LogP contribution in [0.2, 0.25) is 0 Å². The highest BCUT2D eigenvalue weighted by Gasteiger charge is 2.20. The van der Waals surface area contributed by atoms with Gasteiger partial charge in [-0.2, -0.15) is 9.97 Å². The van der Waals surface area contributed by atoms with E-state index in [0.29, 0.717) is 17.6 Å². The van der Waals surface area contributed by atoms with Gasteiger partial charge in [-0.05, 0) is 89.0 Å². The second-order valence-corrected chi connectivity index (χ2v) is 15.7. The van der Waals surface area contributed by atoms with E-state index in [2.05, 4.69) is 123 Å². The lowest BCUT2D eigenvalue weighted by atomic mass is 9.97. The minimum atomic E-state index is 0.573. The van der Waals surface area contributed by atoms with Gasteiger partial charge in [0.15, 0.2) is 22.8 Å². The average Bonchev–Trinajstić information content (AvgIpc) is 4.01. The van der Waals surface area contributed by atoms with Crippen LogP contribution in [-0.4, -0.2) is 34.1 Å². The van der Waals surface area contributed by atoms with Crippen LogP contribution in [0.15, 0.2) is 205 Å². The molecule has 6 aromatic heterocycles. The summed E-state index contributed by atoms with van der Waals surface area (Å²) in [5, 5.41) is 4.57. The Kier molecular flexibility index (Phi) is 7.74. The first kappa shape index (κ1) is 35.0. The fourth-order valence-electron chi connectivity index (χ4n) is 9.12. The summed E-state index contributed by atoms with van der Waals surface area (Å²) < 4.78 is 10.5. The molecule has 0 saturated carbocycles. The first-order chi connectivity index (χ1) is 31.2. The predicted molar refractivity (Wildman–Crippen MR) is 253 cm³/mol. The molecule has 0 aliphatic heterocycles. The first-order valence-corrected chi connectivity index (χ1v) is 20.9. The van der Waals surface area contributed by atoms with Gasteiger partial charge >= 0.3 is 0 Å². The first-order valence-electron chi connectivity index (χ1n) is 20.9. The summed E-state index contributed by atoms with van der Waals surface area (Å²) in [5.74, 6) is 2.64.